The highest BCUT2D eigenvalue weighted by Gasteiger charge is 2.51. The quantitative estimate of drug-likeness (QED) is 0.724. The van der Waals surface area contributed by atoms with Crippen LogP contribution < -0.4 is 0 Å². The zero-order chi connectivity index (χ0) is 18.4. The molecule has 3 aromatic heterocycles. The number of H-pyrrole nitrogens is 1. The molecule has 3 aromatic rings. The predicted octanol–water partition coefficient (Wildman–Crippen LogP) is 3.03. The van der Waals surface area contributed by atoms with Crippen LogP contribution in [0.1, 0.15) is 41.9 Å². The normalized spacial score (nSPS) is 27.7. The second kappa shape index (κ2) is 6.31. The second-order valence-electron chi connectivity index (χ2n) is 7.43. The Morgan fingerprint density at radius 3 is 3.15 bits per heavy atom. The van der Waals surface area contributed by atoms with Crippen molar-refractivity contribution < 1.29 is 14.3 Å². The van der Waals surface area contributed by atoms with E-state index in [4.69, 9.17) is 4.42 Å². The first-order valence-electron chi connectivity index (χ1n) is 9.15. The fraction of sp³-hybridized carbons (Fsp3) is 0.421. The maximum absolute atomic E-state index is 13.2. The van der Waals surface area contributed by atoms with E-state index in [0.717, 1.165) is 29.8 Å². The standard InChI is InChI=1S/C19H20N4O3S/c24-17(13-6-16(27-11-13)14-9-21-22-10-14)23-4-1-2-12-7-19(25,8-15(12)23)18-20-3-5-26-18/h3,5-6,9-12,15,25H,1-2,4,7-8H2,(H,21,22). The van der Waals surface area contributed by atoms with Gasteiger partial charge in [0.25, 0.3) is 5.91 Å². The summed E-state index contributed by atoms with van der Waals surface area (Å²) in [6, 6.07) is 1.94. The van der Waals surface area contributed by atoms with Gasteiger partial charge in [-0.2, -0.15) is 5.10 Å². The number of thiophene rings is 1. The molecule has 27 heavy (non-hydrogen) atoms. The van der Waals surface area contributed by atoms with Gasteiger partial charge in [0.1, 0.15) is 11.9 Å². The van der Waals surface area contributed by atoms with Crippen molar-refractivity contribution in [2.45, 2.75) is 37.3 Å². The summed E-state index contributed by atoms with van der Waals surface area (Å²) in [6.07, 6.45) is 9.65. The number of fused-ring (bicyclic) bond motifs is 1. The number of hydrogen-bond acceptors (Lipinski definition) is 6. The molecule has 1 saturated heterocycles. The summed E-state index contributed by atoms with van der Waals surface area (Å²) in [4.78, 5) is 20.3. The van der Waals surface area contributed by atoms with E-state index >= 15 is 0 Å². The Labute approximate surface area is 160 Å². The molecule has 2 N–H and O–H groups in total. The highest BCUT2D eigenvalue weighted by molar-refractivity contribution is 7.13. The van der Waals surface area contributed by atoms with Gasteiger partial charge < -0.3 is 14.4 Å². The van der Waals surface area contributed by atoms with E-state index in [1.807, 2.05) is 22.5 Å². The van der Waals surface area contributed by atoms with Crippen LogP contribution in [-0.2, 0) is 5.60 Å². The first-order valence-corrected chi connectivity index (χ1v) is 10.0. The van der Waals surface area contributed by atoms with Crippen molar-refractivity contribution in [3.05, 3.63) is 47.8 Å². The zero-order valence-electron chi connectivity index (χ0n) is 14.7. The summed E-state index contributed by atoms with van der Waals surface area (Å²) < 4.78 is 5.38. The third-order valence-electron chi connectivity index (χ3n) is 5.79. The van der Waals surface area contributed by atoms with Gasteiger partial charge >= 0.3 is 0 Å². The SMILES string of the molecule is O=C(c1csc(-c2cn[nH]c2)c1)N1CCCC2CC(O)(c3ncco3)CC21. The van der Waals surface area contributed by atoms with Gasteiger partial charge in [-0.25, -0.2) is 4.98 Å². The number of hydrogen-bond donors (Lipinski definition) is 2. The summed E-state index contributed by atoms with van der Waals surface area (Å²) >= 11 is 1.54. The average Bonchev–Trinajstić information content (AvgIpc) is 3.47. The number of nitrogens with one attached hydrogen (secondary N) is 1. The highest BCUT2D eigenvalue weighted by atomic mass is 32.1. The Morgan fingerprint density at radius 2 is 2.37 bits per heavy atom. The molecule has 7 nitrogen and oxygen atoms in total. The number of rotatable bonds is 3. The van der Waals surface area contributed by atoms with Crippen LogP contribution >= 0.6 is 11.3 Å². The van der Waals surface area contributed by atoms with Crippen LogP contribution in [0.15, 0.2) is 40.7 Å². The molecule has 2 fully saturated rings. The van der Waals surface area contributed by atoms with E-state index < -0.39 is 5.60 Å². The van der Waals surface area contributed by atoms with Gasteiger partial charge in [-0.15, -0.1) is 11.3 Å². The summed E-state index contributed by atoms with van der Waals surface area (Å²) in [5, 5.41) is 19.8. The van der Waals surface area contributed by atoms with Crippen molar-refractivity contribution in [1.82, 2.24) is 20.1 Å². The van der Waals surface area contributed by atoms with Crippen LogP contribution in [0.25, 0.3) is 10.4 Å². The van der Waals surface area contributed by atoms with Crippen molar-refractivity contribution in [3.63, 3.8) is 0 Å². The minimum Gasteiger partial charge on any atom is -0.446 e. The van der Waals surface area contributed by atoms with Crippen LogP contribution in [0, 0.1) is 5.92 Å². The Bertz CT molecular complexity index is 936. The number of aliphatic hydroxyl groups is 1. The molecule has 1 amide bonds. The molecule has 1 aliphatic heterocycles. The maximum Gasteiger partial charge on any atom is 0.254 e. The topological polar surface area (TPSA) is 95.2 Å². The lowest BCUT2D eigenvalue weighted by atomic mass is 9.91. The van der Waals surface area contributed by atoms with Crippen molar-refractivity contribution in [1.29, 1.82) is 0 Å². The largest absolute Gasteiger partial charge is 0.446 e. The zero-order valence-corrected chi connectivity index (χ0v) is 15.5. The van der Waals surface area contributed by atoms with Crippen molar-refractivity contribution in [3.8, 4) is 10.4 Å². The Balaban J connectivity index is 1.39. The Morgan fingerprint density at radius 1 is 1.44 bits per heavy atom. The van der Waals surface area contributed by atoms with E-state index in [-0.39, 0.29) is 17.9 Å². The lowest BCUT2D eigenvalue weighted by Crippen LogP contribution is -2.46. The molecule has 5 rings (SSSR count). The van der Waals surface area contributed by atoms with Gasteiger partial charge in [0.2, 0.25) is 5.89 Å². The smallest absolute Gasteiger partial charge is 0.254 e. The molecule has 3 atom stereocenters. The summed E-state index contributed by atoms with van der Waals surface area (Å²) in [6.45, 7) is 0.721. The molecule has 0 bridgehead atoms. The van der Waals surface area contributed by atoms with Gasteiger partial charge in [0.15, 0.2) is 0 Å². The molecular formula is C19H20N4O3S. The van der Waals surface area contributed by atoms with Gasteiger partial charge in [0, 0.05) is 41.0 Å². The van der Waals surface area contributed by atoms with Crippen LogP contribution in [0.3, 0.4) is 0 Å². The number of carbonyl (C=O) groups is 1. The van der Waals surface area contributed by atoms with Crippen molar-refractivity contribution in [2.24, 2.45) is 5.92 Å². The highest BCUT2D eigenvalue weighted by Crippen LogP contribution is 2.47. The van der Waals surface area contributed by atoms with Gasteiger partial charge in [-0.1, -0.05) is 0 Å². The third-order valence-corrected chi connectivity index (χ3v) is 6.76. The van der Waals surface area contributed by atoms with E-state index in [2.05, 4.69) is 15.2 Å². The van der Waals surface area contributed by atoms with Crippen molar-refractivity contribution >= 4 is 17.2 Å². The molecular weight excluding hydrogens is 364 g/mol. The molecule has 4 heterocycles. The summed E-state index contributed by atoms with van der Waals surface area (Å²) in [5.74, 6) is 0.668. The Kier molecular flexibility index (Phi) is 3.91. The number of piperidine rings is 1. The average molecular weight is 384 g/mol. The van der Waals surface area contributed by atoms with E-state index in [1.54, 1.807) is 23.7 Å². The first-order chi connectivity index (χ1) is 13.1. The summed E-state index contributed by atoms with van der Waals surface area (Å²) in [7, 11) is 0. The van der Waals surface area contributed by atoms with Crippen LogP contribution in [0.2, 0.25) is 0 Å². The minimum absolute atomic E-state index is 0.0143. The van der Waals surface area contributed by atoms with Gasteiger partial charge in [-0.05, 0) is 31.2 Å². The fourth-order valence-corrected chi connectivity index (χ4v) is 5.41. The molecule has 0 aromatic carbocycles. The fourth-order valence-electron chi connectivity index (χ4n) is 4.55. The van der Waals surface area contributed by atoms with Crippen molar-refractivity contribution in [2.75, 3.05) is 6.54 Å². The lowest BCUT2D eigenvalue weighted by Gasteiger charge is -2.37. The van der Waals surface area contributed by atoms with Crippen LogP contribution in [-0.4, -0.2) is 43.7 Å². The number of oxazole rings is 1. The molecule has 2 aliphatic rings. The number of aromatic amines is 1. The molecule has 1 saturated carbocycles. The lowest BCUT2D eigenvalue weighted by molar-refractivity contribution is 0.00843. The first kappa shape index (κ1) is 16.7. The third kappa shape index (κ3) is 2.80. The molecule has 8 heteroatoms. The maximum atomic E-state index is 13.2. The Hall–Kier alpha value is -2.45. The number of amides is 1. The number of aromatic nitrogens is 3. The molecule has 0 spiro atoms. The predicted molar refractivity (Wildman–Crippen MR) is 99.1 cm³/mol. The number of nitrogens with zero attached hydrogens (tertiary/aromatic N) is 3. The second-order valence-corrected chi connectivity index (χ2v) is 8.34. The van der Waals surface area contributed by atoms with Crippen LogP contribution in [0.4, 0.5) is 0 Å². The molecule has 140 valence electrons. The monoisotopic (exact) mass is 384 g/mol. The van der Waals surface area contributed by atoms with Crippen LogP contribution in [0.5, 0.6) is 0 Å². The number of carbonyl (C=O) groups excluding carboxylic acids is 1. The molecule has 0 radical (unpaired) electrons. The van der Waals surface area contributed by atoms with Gasteiger partial charge in [-0.3, -0.25) is 9.89 Å². The van der Waals surface area contributed by atoms with E-state index in [1.165, 1.54) is 6.26 Å². The van der Waals surface area contributed by atoms with E-state index in [9.17, 15) is 9.90 Å². The minimum atomic E-state index is -1.09. The number of likely N-dealkylation sites (tertiary alicyclic amines) is 1. The van der Waals surface area contributed by atoms with Gasteiger partial charge in [0.05, 0.1) is 18.0 Å². The molecule has 3 unspecified atom stereocenters. The van der Waals surface area contributed by atoms with E-state index in [0.29, 0.717) is 24.3 Å². The molecule has 1 aliphatic carbocycles. The summed E-state index contributed by atoms with van der Waals surface area (Å²) in [5.41, 5.74) is 0.594.